The van der Waals surface area contributed by atoms with Gasteiger partial charge in [-0.05, 0) is 11.6 Å². The summed E-state index contributed by atoms with van der Waals surface area (Å²) in [5, 5.41) is 7.80. The molecule has 2 rings (SSSR count). The molecule has 0 aliphatic carbocycles. The largest absolute Gasteiger partial charge is 0.373 e. The molecule has 0 amide bonds. The summed E-state index contributed by atoms with van der Waals surface area (Å²) >= 11 is 5.87. The summed E-state index contributed by atoms with van der Waals surface area (Å²) in [5.74, 6) is 0.496. The van der Waals surface area contributed by atoms with Crippen molar-refractivity contribution in [1.29, 1.82) is 0 Å². The van der Waals surface area contributed by atoms with Crippen LogP contribution >= 0.6 is 11.6 Å². The van der Waals surface area contributed by atoms with Gasteiger partial charge in [-0.15, -0.1) is 9.78 Å². The second-order valence-electron chi connectivity index (χ2n) is 4.49. The van der Waals surface area contributed by atoms with E-state index in [0.717, 1.165) is 9.36 Å². The van der Waals surface area contributed by atoms with Crippen LogP contribution in [-0.4, -0.2) is 35.6 Å². The second-order valence-corrected chi connectivity index (χ2v) is 4.83. The molecule has 0 fully saturated rings. The molecule has 0 aromatic carbocycles. The number of rotatable bonds is 0. The highest BCUT2D eigenvalue weighted by atomic mass is 35.5. The van der Waals surface area contributed by atoms with Crippen molar-refractivity contribution >= 4 is 17.6 Å². The van der Waals surface area contributed by atoms with Crippen molar-refractivity contribution < 1.29 is 4.79 Å². The first-order valence-corrected chi connectivity index (χ1v) is 5.30. The van der Waals surface area contributed by atoms with E-state index >= 15 is 0 Å². The van der Waals surface area contributed by atoms with Crippen molar-refractivity contribution in [3.63, 3.8) is 0 Å². The predicted molar refractivity (Wildman–Crippen MR) is 59.9 cm³/mol. The third-order valence-corrected chi connectivity index (χ3v) is 2.28. The quantitative estimate of drug-likeness (QED) is 0.709. The predicted octanol–water partition coefficient (Wildman–Crippen LogP) is 1.34. The Labute approximate surface area is 102 Å². The van der Waals surface area contributed by atoms with Gasteiger partial charge in [-0.3, -0.25) is 0 Å². The fraction of sp³-hybridized carbons (Fsp3) is 0.444. The van der Waals surface area contributed by atoms with Crippen LogP contribution in [0.3, 0.4) is 0 Å². The van der Waals surface area contributed by atoms with Gasteiger partial charge in [0.05, 0.1) is 0 Å². The SMILES string of the molecule is CC(C)(C)c1nc(Cl)n(C(=O)n2cncn2)n1. The minimum Gasteiger partial charge on any atom is -0.243 e. The number of carbonyl (C=O) groups is 1. The lowest BCUT2D eigenvalue weighted by Gasteiger charge is -2.11. The first kappa shape index (κ1) is 11.7. The van der Waals surface area contributed by atoms with Crippen LogP contribution in [0, 0.1) is 0 Å². The molecule has 0 saturated heterocycles. The third kappa shape index (κ3) is 2.19. The van der Waals surface area contributed by atoms with Gasteiger partial charge in [0.25, 0.3) is 0 Å². The standard InChI is InChI=1S/C9H11ClN6O/c1-9(2,3)6-13-7(10)16(14-6)8(17)15-5-11-4-12-15/h4-5H,1-3H3. The van der Waals surface area contributed by atoms with Crippen LogP contribution in [-0.2, 0) is 5.41 Å². The highest BCUT2D eigenvalue weighted by molar-refractivity contribution is 6.29. The monoisotopic (exact) mass is 254 g/mol. The Morgan fingerprint density at radius 1 is 1.41 bits per heavy atom. The van der Waals surface area contributed by atoms with Gasteiger partial charge in [0.1, 0.15) is 12.7 Å². The summed E-state index contributed by atoms with van der Waals surface area (Å²) < 4.78 is 2.03. The van der Waals surface area contributed by atoms with Crippen LogP contribution in [0.15, 0.2) is 12.7 Å². The smallest absolute Gasteiger partial charge is 0.243 e. The average molecular weight is 255 g/mol. The van der Waals surface area contributed by atoms with Crippen LogP contribution < -0.4 is 0 Å². The summed E-state index contributed by atoms with van der Waals surface area (Å²) in [6, 6.07) is -0.518. The second kappa shape index (κ2) is 3.92. The molecular formula is C9H11ClN6O. The number of carbonyl (C=O) groups excluding carboxylic acids is 1. The molecule has 2 aromatic rings. The minimum atomic E-state index is -0.518. The van der Waals surface area contributed by atoms with Crippen molar-refractivity contribution in [1.82, 2.24) is 29.5 Å². The van der Waals surface area contributed by atoms with Gasteiger partial charge in [0, 0.05) is 5.41 Å². The van der Waals surface area contributed by atoms with E-state index in [0.29, 0.717) is 5.82 Å². The maximum atomic E-state index is 11.9. The molecular weight excluding hydrogens is 244 g/mol. The Morgan fingerprint density at radius 2 is 2.12 bits per heavy atom. The lowest BCUT2D eigenvalue weighted by molar-refractivity contribution is 0.238. The maximum absolute atomic E-state index is 11.9. The summed E-state index contributed by atoms with van der Waals surface area (Å²) in [6.07, 6.45) is 2.53. The molecule has 0 saturated carbocycles. The molecule has 0 unspecified atom stereocenters. The molecule has 0 radical (unpaired) electrons. The van der Waals surface area contributed by atoms with Crippen molar-refractivity contribution in [2.75, 3.05) is 0 Å². The summed E-state index contributed by atoms with van der Waals surface area (Å²) in [4.78, 5) is 19.6. The van der Waals surface area contributed by atoms with Gasteiger partial charge in [-0.25, -0.2) is 14.8 Å². The third-order valence-electron chi connectivity index (χ3n) is 2.03. The van der Waals surface area contributed by atoms with Crippen LogP contribution in [0.25, 0.3) is 0 Å². The van der Waals surface area contributed by atoms with Gasteiger partial charge < -0.3 is 0 Å². The molecule has 7 nitrogen and oxygen atoms in total. The highest BCUT2D eigenvalue weighted by Gasteiger charge is 2.24. The molecule has 0 aliphatic heterocycles. The number of nitrogens with zero attached hydrogens (tertiary/aromatic N) is 6. The van der Waals surface area contributed by atoms with Gasteiger partial charge in [0.2, 0.25) is 5.28 Å². The number of aromatic nitrogens is 6. The number of halogens is 1. The lowest BCUT2D eigenvalue weighted by atomic mass is 9.96. The van der Waals surface area contributed by atoms with Crippen LogP contribution in [0.1, 0.15) is 26.6 Å². The van der Waals surface area contributed by atoms with Crippen molar-refractivity contribution in [3.8, 4) is 0 Å². The Kier molecular flexibility index (Phi) is 2.70. The Hall–Kier alpha value is -1.76. The lowest BCUT2D eigenvalue weighted by Crippen LogP contribution is -2.22. The summed E-state index contributed by atoms with van der Waals surface area (Å²) in [6.45, 7) is 5.80. The topological polar surface area (TPSA) is 78.5 Å². The van der Waals surface area contributed by atoms with Crippen LogP contribution in [0.5, 0.6) is 0 Å². The fourth-order valence-electron chi connectivity index (χ4n) is 1.14. The van der Waals surface area contributed by atoms with E-state index in [2.05, 4.69) is 20.2 Å². The molecule has 8 heteroatoms. The average Bonchev–Trinajstić information content (AvgIpc) is 2.83. The zero-order chi connectivity index (χ0) is 12.6. The fourth-order valence-corrected chi connectivity index (χ4v) is 1.33. The number of hydrogen-bond acceptors (Lipinski definition) is 5. The molecule has 2 aromatic heterocycles. The molecule has 2 heterocycles. The van der Waals surface area contributed by atoms with Crippen molar-refractivity contribution in [2.45, 2.75) is 26.2 Å². The molecule has 0 spiro atoms. The Bertz CT molecular complexity index is 538. The van der Waals surface area contributed by atoms with E-state index in [1.165, 1.54) is 12.7 Å². The first-order chi connectivity index (χ1) is 7.89. The van der Waals surface area contributed by atoms with Crippen molar-refractivity contribution in [3.05, 3.63) is 23.8 Å². The van der Waals surface area contributed by atoms with Crippen LogP contribution in [0.2, 0.25) is 5.28 Å². The van der Waals surface area contributed by atoms with Gasteiger partial charge in [-0.1, -0.05) is 20.8 Å². The van der Waals surface area contributed by atoms with E-state index in [-0.39, 0.29) is 10.7 Å². The molecule has 0 N–H and O–H groups in total. The van der Waals surface area contributed by atoms with E-state index in [1.54, 1.807) is 0 Å². The zero-order valence-corrected chi connectivity index (χ0v) is 10.4. The molecule has 17 heavy (non-hydrogen) atoms. The van der Waals surface area contributed by atoms with Gasteiger partial charge in [-0.2, -0.15) is 9.78 Å². The molecule has 90 valence electrons. The van der Waals surface area contributed by atoms with E-state index in [1.807, 2.05) is 20.8 Å². The van der Waals surface area contributed by atoms with E-state index in [9.17, 15) is 4.79 Å². The maximum Gasteiger partial charge on any atom is 0.373 e. The molecule has 0 aliphatic rings. The zero-order valence-electron chi connectivity index (χ0n) is 9.62. The minimum absolute atomic E-state index is 0.00965. The first-order valence-electron chi connectivity index (χ1n) is 4.92. The van der Waals surface area contributed by atoms with Gasteiger partial charge >= 0.3 is 6.03 Å². The normalized spacial score (nSPS) is 11.8. The van der Waals surface area contributed by atoms with E-state index < -0.39 is 6.03 Å². The molecule has 0 bridgehead atoms. The number of hydrogen-bond donors (Lipinski definition) is 0. The summed E-state index contributed by atoms with van der Waals surface area (Å²) in [7, 11) is 0. The Balaban J connectivity index is 2.41. The summed E-state index contributed by atoms with van der Waals surface area (Å²) in [5.41, 5.74) is -0.280. The van der Waals surface area contributed by atoms with Gasteiger partial charge in [0.15, 0.2) is 5.82 Å². The highest BCUT2D eigenvalue weighted by Crippen LogP contribution is 2.20. The van der Waals surface area contributed by atoms with Crippen LogP contribution in [0.4, 0.5) is 4.79 Å². The molecule has 0 atom stereocenters. The van der Waals surface area contributed by atoms with E-state index in [4.69, 9.17) is 11.6 Å². The Morgan fingerprint density at radius 3 is 2.59 bits per heavy atom. The van der Waals surface area contributed by atoms with Crippen molar-refractivity contribution in [2.24, 2.45) is 0 Å².